The molecule has 3 fully saturated rings. The summed E-state index contributed by atoms with van der Waals surface area (Å²) in [6.45, 7) is 4.03. The van der Waals surface area contributed by atoms with Gasteiger partial charge in [0.1, 0.15) is 28.7 Å². The normalized spacial score (nSPS) is 18.4. The molecule has 0 radical (unpaired) electrons. The molecule has 3 aromatic heterocycles. The molecule has 1 saturated carbocycles. The van der Waals surface area contributed by atoms with Crippen molar-refractivity contribution in [2.75, 3.05) is 56.2 Å². The number of nitrogens with one attached hydrogen (secondary N) is 2. The molecule has 1 aromatic carbocycles. The van der Waals surface area contributed by atoms with Crippen molar-refractivity contribution < 1.29 is 18.3 Å². The Hall–Kier alpha value is -4.16. The van der Waals surface area contributed by atoms with Crippen molar-refractivity contribution in [2.24, 2.45) is 0 Å². The molecule has 12 heteroatoms. The Morgan fingerprint density at radius 2 is 1.85 bits per heavy atom. The third kappa shape index (κ3) is 4.62. The van der Waals surface area contributed by atoms with Crippen molar-refractivity contribution in [1.82, 2.24) is 29.7 Å². The van der Waals surface area contributed by atoms with Crippen LogP contribution < -0.4 is 15.5 Å². The van der Waals surface area contributed by atoms with Gasteiger partial charge in [0.25, 0.3) is 5.91 Å². The number of carbonyl (C=O) groups is 1. The fourth-order valence-electron chi connectivity index (χ4n) is 5.45. The van der Waals surface area contributed by atoms with Crippen LogP contribution in [0.4, 0.5) is 26.2 Å². The Morgan fingerprint density at radius 1 is 1.05 bits per heavy atom. The molecule has 1 aliphatic carbocycles. The number of halogens is 2. The average Bonchev–Trinajstić information content (AvgIpc) is 3.57. The summed E-state index contributed by atoms with van der Waals surface area (Å²) in [6, 6.07) is 7.90. The van der Waals surface area contributed by atoms with Gasteiger partial charge in [-0.2, -0.15) is 4.98 Å². The van der Waals surface area contributed by atoms with Crippen LogP contribution in [0.25, 0.3) is 16.7 Å². The van der Waals surface area contributed by atoms with Gasteiger partial charge in [0.15, 0.2) is 0 Å². The molecule has 7 rings (SSSR count). The predicted octanol–water partition coefficient (Wildman–Crippen LogP) is 3.25. The number of pyridine rings is 1. The van der Waals surface area contributed by atoms with Crippen LogP contribution in [0.1, 0.15) is 23.2 Å². The number of aromatic nitrogens is 4. The van der Waals surface area contributed by atoms with Crippen molar-refractivity contribution in [3.8, 4) is 5.69 Å². The number of ether oxygens (including phenoxy) is 1. The van der Waals surface area contributed by atoms with Crippen LogP contribution in [0, 0.1) is 11.6 Å². The minimum Gasteiger partial charge on any atom is -0.378 e. The van der Waals surface area contributed by atoms with E-state index in [-0.39, 0.29) is 11.2 Å². The monoisotopic (exact) mass is 546 g/mol. The number of benzene rings is 1. The van der Waals surface area contributed by atoms with Crippen LogP contribution in [0.3, 0.4) is 0 Å². The Morgan fingerprint density at radius 3 is 2.62 bits per heavy atom. The molecule has 0 bridgehead atoms. The van der Waals surface area contributed by atoms with Crippen molar-refractivity contribution >= 4 is 34.4 Å². The summed E-state index contributed by atoms with van der Waals surface area (Å²) in [5, 5.41) is 7.55. The summed E-state index contributed by atoms with van der Waals surface area (Å²) >= 11 is 0. The first-order valence-electron chi connectivity index (χ1n) is 13.4. The molecule has 0 atom stereocenters. The second-order valence-corrected chi connectivity index (χ2v) is 10.5. The van der Waals surface area contributed by atoms with E-state index >= 15 is 8.78 Å². The summed E-state index contributed by atoms with van der Waals surface area (Å²) in [7, 11) is 0. The summed E-state index contributed by atoms with van der Waals surface area (Å²) < 4.78 is 37.1. The highest BCUT2D eigenvalue weighted by molar-refractivity contribution is 5.95. The number of rotatable bonds is 5. The van der Waals surface area contributed by atoms with Gasteiger partial charge in [-0.15, -0.1) is 0 Å². The van der Waals surface area contributed by atoms with Crippen molar-refractivity contribution in [2.45, 2.75) is 18.4 Å². The van der Waals surface area contributed by atoms with E-state index in [2.05, 4.69) is 30.5 Å². The van der Waals surface area contributed by atoms with Crippen LogP contribution in [-0.4, -0.2) is 81.8 Å². The van der Waals surface area contributed by atoms with Gasteiger partial charge in [0.05, 0.1) is 18.9 Å². The van der Waals surface area contributed by atoms with Crippen LogP contribution in [-0.2, 0) is 4.74 Å². The molecule has 0 unspecified atom stereocenters. The van der Waals surface area contributed by atoms with Crippen molar-refractivity contribution in [1.29, 1.82) is 0 Å². The number of hydrogen-bond acceptors (Lipinski definition) is 8. The first-order valence-corrected chi connectivity index (χ1v) is 13.4. The van der Waals surface area contributed by atoms with E-state index in [1.165, 1.54) is 17.7 Å². The first kappa shape index (κ1) is 24.9. The zero-order chi connectivity index (χ0) is 27.3. The smallest absolute Gasteiger partial charge is 0.259 e. The zero-order valence-electron chi connectivity index (χ0n) is 21.7. The van der Waals surface area contributed by atoms with Gasteiger partial charge in [-0.05, 0) is 37.1 Å². The number of morpholine rings is 1. The lowest BCUT2D eigenvalue weighted by Gasteiger charge is -2.35. The zero-order valence-corrected chi connectivity index (χ0v) is 21.7. The lowest BCUT2D eigenvalue weighted by atomic mass is 10.1. The maximum absolute atomic E-state index is 15.1. The Kier molecular flexibility index (Phi) is 6.08. The summed E-state index contributed by atoms with van der Waals surface area (Å²) in [4.78, 5) is 30.1. The molecule has 1 amide bonds. The molecule has 5 heterocycles. The predicted molar refractivity (Wildman–Crippen MR) is 145 cm³/mol. The standard InChI is InChI=1S/C28H28F2N8O2/c29-21-14-20(15-22(30)24(21)26(39)36-9-11-40-12-10-36)38-7-2-18-16-32-27(35-25(18)38)34-19-1-5-31-23(13-19)37-8-6-33-28(17-37)3-4-28/h1-2,5,7,13-16,33H,3-4,6,8-12,17H2,(H,31,32,34,35). The second kappa shape index (κ2) is 9.79. The summed E-state index contributed by atoms with van der Waals surface area (Å²) in [5.74, 6) is -1.30. The highest BCUT2D eigenvalue weighted by Crippen LogP contribution is 2.38. The van der Waals surface area contributed by atoms with Crippen LogP contribution in [0.2, 0.25) is 0 Å². The van der Waals surface area contributed by atoms with Crippen LogP contribution in [0.5, 0.6) is 0 Å². The van der Waals surface area contributed by atoms with Gasteiger partial charge >= 0.3 is 0 Å². The number of hydrogen-bond donors (Lipinski definition) is 2. The lowest BCUT2D eigenvalue weighted by Crippen LogP contribution is -2.52. The third-order valence-corrected chi connectivity index (χ3v) is 7.80. The van der Waals surface area contributed by atoms with Gasteiger partial charge in [0.2, 0.25) is 5.95 Å². The highest BCUT2D eigenvalue weighted by atomic mass is 19.1. The number of anilines is 3. The van der Waals surface area contributed by atoms with Crippen LogP contribution in [0.15, 0.2) is 48.9 Å². The molecule has 4 aromatic rings. The Labute approximate surface area is 229 Å². The number of carbonyl (C=O) groups excluding carboxylic acids is 1. The molecule has 10 nitrogen and oxygen atoms in total. The van der Waals surface area contributed by atoms with E-state index in [0.717, 1.165) is 43.3 Å². The van der Waals surface area contributed by atoms with E-state index in [9.17, 15) is 4.79 Å². The third-order valence-electron chi connectivity index (χ3n) is 7.80. The minimum absolute atomic E-state index is 0.215. The quantitative estimate of drug-likeness (QED) is 0.394. The fourth-order valence-corrected chi connectivity index (χ4v) is 5.45. The van der Waals surface area contributed by atoms with Gasteiger partial charge in [-0.25, -0.2) is 18.7 Å². The Bertz CT molecular complexity index is 1580. The molecule has 206 valence electrons. The molecule has 1 spiro atoms. The van der Waals surface area contributed by atoms with Gasteiger partial charge in [-0.3, -0.25) is 4.79 Å². The Balaban J connectivity index is 1.15. The second-order valence-electron chi connectivity index (χ2n) is 10.5. The number of fused-ring (bicyclic) bond motifs is 1. The van der Waals surface area contributed by atoms with Gasteiger partial charge in [0, 0.05) is 74.0 Å². The van der Waals surface area contributed by atoms with E-state index in [1.807, 2.05) is 12.1 Å². The summed E-state index contributed by atoms with van der Waals surface area (Å²) in [5.41, 5.74) is 1.14. The molecule has 2 saturated heterocycles. The topological polar surface area (TPSA) is 100 Å². The fraction of sp³-hybridized carbons (Fsp3) is 0.357. The first-order chi connectivity index (χ1) is 19.5. The van der Waals surface area contributed by atoms with E-state index < -0.39 is 23.1 Å². The number of nitrogens with zero attached hydrogens (tertiary/aromatic N) is 6. The average molecular weight is 547 g/mol. The molecular weight excluding hydrogens is 518 g/mol. The van der Waals surface area contributed by atoms with E-state index in [0.29, 0.717) is 43.3 Å². The largest absolute Gasteiger partial charge is 0.378 e. The maximum Gasteiger partial charge on any atom is 0.259 e. The minimum atomic E-state index is -0.925. The van der Waals surface area contributed by atoms with Crippen molar-refractivity contribution in [3.05, 3.63) is 66.1 Å². The van der Waals surface area contributed by atoms with Crippen LogP contribution >= 0.6 is 0 Å². The molecule has 40 heavy (non-hydrogen) atoms. The van der Waals surface area contributed by atoms with Crippen molar-refractivity contribution in [3.63, 3.8) is 0 Å². The van der Waals surface area contributed by atoms with Gasteiger partial charge in [-0.1, -0.05) is 0 Å². The van der Waals surface area contributed by atoms with E-state index in [1.54, 1.807) is 29.2 Å². The van der Waals surface area contributed by atoms with Gasteiger partial charge < -0.3 is 29.7 Å². The highest BCUT2D eigenvalue weighted by Gasteiger charge is 2.45. The van der Waals surface area contributed by atoms with E-state index in [4.69, 9.17) is 4.74 Å². The number of piperazine rings is 1. The molecular formula is C28H28F2N8O2. The summed E-state index contributed by atoms with van der Waals surface area (Å²) in [6.07, 6.45) is 7.46. The lowest BCUT2D eigenvalue weighted by molar-refractivity contribution is 0.0296. The SMILES string of the molecule is O=C(c1c(F)cc(-n2ccc3cnc(Nc4ccnc(N5CCNC6(CC6)C5)c4)nc32)cc1F)N1CCOCC1. The molecule has 2 N–H and O–H groups in total. The number of amides is 1. The molecule has 2 aliphatic heterocycles. The molecule has 3 aliphatic rings. The maximum atomic E-state index is 15.1.